The minimum Gasteiger partial charge on any atom is -0.208 e. The van der Waals surface area contributed by atoms with Gasteiger partial charge in [-0.25, -0.2) is 4.39 Å². The Balaban J connectivity index is 3.20. The molecule has 3 heteroatoms. The van der Waals surface area contributed by atoms with Gasteiger partial charge in [0.05, 0.1) is 11.6 Å². The summed E-state index contributed by atoms with van der Waals surface area (Å²) in [7, 11) is 5.17. The van der Waals surface area contributed by atoms with E-state index in [-0.39, 0.29) is 5.46 Å². The molecule has 0 aliphatic heterocycles. The van der Waals surface area contributed by atoms with E-state index >= 15 is 0 Å². The zero-order valence-corrected chi connectivity index (χ0v) is 5.13. The number of nitrogens with zero attached hydrogens (tertiary/aromatic N) is 1. The molecule has 0 saturated heterocycles. The van der Waals surface area contributed by atoms with Gasteiger partial charge in [-0.3, -0.25) is 0 Å². The number of benzene rings is 1. The molecule has 0 aromatic heterocycles. The van der Waals surface area contributed by atoms with Crippen molar-refractivity contribution in [2.75, 3.05) is 0 Å². The van der Waals surface area contributed by atoms with Gasteiger partial charge in [-0.05, 0) is 18.2 Å². The van der Waals surface area contributed by atoms with E-state index in [9.17, 15) is 4.39 Å². The first-order valence-electron chi connectivity index (χ1n) is 2.69. The standard InChI is InChI=1S/C7H3BFN/c8-6-3-5(4-10)1-2-7(6)9/h1-3H. The Labute approximate surface area is 59.5 Å². The van der Waals surface area contributed by atoms with E-state index < -0.39 is 5.82 Å². The number of halogens is 1. The first-order chi connectivity index (χ1) is 4.74. The molecule has 1 nitrogen and oxygen atoms in total. The minimum absolute atomic E-state index is 0.0130. The zero-order valence-electron chi connectivity index (χ0n) is 5.13. The molecule has 0 aliphatic rings. The Kier molecular flexibility index (Phi) is 1.72. The molecule has 1 aromatic rings. The van der Waals surface area contributed by atoms with Crippen LogP contribution in [0.25, 0.3) is 0 Å². The molecule has 1 aromatic carbocycles. The zero-order chi connectivity index (χ0) is 7.56. The lowest BCUT2D eigenvalue weighted by Gasteiger charge is -1.93. The number of hydrogen-bond acceptors (Lipinski definition) is 1. The van der Waals surface area contributed by atoms with Crippen LogP contribution in [0.3, 0.4) is 0 Å². The van der Waals surface area contributed by atoms with Crippen molar-refractivity contribution in [3.05, 3.63) is 29.6 Å². The summed E-state index contributed by atoms with van der Waals surface area (Å²) in [6, 6.07) is 5.70. The van der Waals surface area contributed by atoms with Gasteiger partial charge < -0.3 is 0 Å². The highest BCUT2D eigenvalue weighted by molar-refractivity contribution is 6.32. The molecule has 0 bridgehead atoms. The van der Waals surface area contributed by atoms with Crippen LogP contribution in [0.5, 0.6) is 0 Å². The van der Waals surface area contributed by atoms with Crippen molar-refractivity contribution in [1.82, 2.24) is 0 Å². The Hall–Kier alpha value is -1.30. The molecule has 0 atom stereocenters. The summed E-state index contributed by atoms with van der Waals surface area (Å²) >= 11 is 0. The van der Waals surface area contributed by atoms with Crippen LogP contribution >= 0.6 is 0 Å². The molecular weight excluding hydrogens is 128 g/mol. The minimum atomic E-state index is -0.487. The van der Waals surface area contributed by atoms with E-state index in [0.717, 1.165) is 0 Å². The van der Waals surface area contributed by atoms with Crippen molar-refractivity contribution in [1.29, 1.82) is 5.26 Å². The molecule has 10 heavy (non-hydrogen) atoms. The monoisotopic (exact) mass is 131 g/mol. The Morgan fingerprint density at radius 3 is 2.70 bits per heavy atom. The molecular formula is C7H3BFN. The molecule has 0 saturated carbocycles. The highest BCUT2D eigenvalue weighted by atomic mass is 19.1. The van der Waals surface area contributed by atoms with Crippen LogP contribution in [0.4, 0.5) is 4.39 Å². The fourth-order valence-electron chi connectivity index (χ4n) is 0.613. The Morgan fingerprint density at radius 1 is 1.50 bits per heavy atom. The van der Waals surface area contributed by atoms with E-state index in [1.54, 1.807) is 0 Å². The maximum atomic E-state index is 12.4. The maximum Gasteiger partial charge on any atom is 0.117 e. The van der Waals surface area contributed by atoms with E-state index in [0.29, 0.717) is 5.56 Å². The highest BCUT2D eigenvalue weighted by Crippen LogP contribution is 1.96. The largest absolute Gasteiger partial charge is 0.208 e. The van der Waals surface area contributed by atoms with Crippen molar-refractivity contribution in [2.45, 2.75) is 0 Å². The van der Waals surface area contributed by atoms with Crippen LogP contribution in [0.15, 0.2) is 18.2 Å². The lowest BCUT2D eigenvalue weighted by Crippen LogP contribution is -2.07. The van der Waals surface area contributed by atoms with Crippen LogP contribution in [0.2, 0.25) is 0 Å². The molecule has 0 spiro atoms. The maximum absolute atomic E-state index is 12.4. The number of rotatable bonds is 0. The molecule has 0 unspecified atom stereocenters. The summed E-state index contributed by atoms with van der Waals surface area (Å²) in [4.78, 5) is 0. The van der Waals surface area contributed by atoms with Crippen molar-refractivity contribution in [2.24, 2.45) is 0 Å². The lowest BCUT2D eigenvalue weighted by molar-refractivity contribution is 0.636. The fourth-order valence-corrected chi connectivity index (χ4v) is 0.613. The van der Waals surface area contributed by atoms with Crippen LogP contribution < -0.4 is 5.46 Å². The second-order valence-electron chi connectivity index (χ2n) is 1.85. The van der Waals surface area contributed by atoms with Gasteiger partial charge in [0.25, 0.3) is 0 Å². The van der Waals surface area contributed by atoms with Crippen molar-refractivity contribution in [3.63, 3.8) is 0 Å². The van der Waals surface area contributed by atoms with Gasteiger partial charge in [-0.1, -0.05) is 5.46 Å². The highest BCUT2D eigenvalue weighted by Gasteiger charge is 1.95. The lowest BCUT2D eigenvalue weighted by atomic mass is 9.94. The summed E-state index contributed by atoms with van der Waals surface area (Å²) in [6.45, 7) is 0. The first kappa shape index (κ1) is 6.82. The third kappa shape index (κ3) is 1.16. The third-order valence-electron chi connectivity index (χ3n) is 1.13. The van der Waals surface area contributed by atoms with E-state index in [2.05, 4.69) is 0 Å². The van der Waals surface area contributed by atoms with Gasteiger partial charge in [-0.15, -0.1) is 0 Å². The second-order valence-corrected chi connectivity index (χ2v) is 1.85. The van der Waals surface area contributed by atoms with Crippen molar-refractivity contribution < 1.29 is 4.39 Å². The van der Waals surface area contributed by atoms with E-state index in [4.69, 9.17) is 13.1 Å². The number of hydrogen-bond donors (Lipinski definition) is 0. The van der Waals surface area contributed by atoms with E-state index in [1.807, 2.05) is 6.07 Å². The normalized spacial score (nSPS) is 8.80. The molecule has 0 amide bonds. The van der Waals surface area contributed by atoms with E-state index in [1.165, 1.54) is 18.2 Å². The predicted octanol–water partition coefficient (Wildman–Crippen LogP) is 0.491. The van der Waals surface area contributed by atoms with Gasteiger partial charge >= 0.3 is 0 Å². The molecule has 0 heterocycles. The average Bonchev–Trinajstić information content (AvgIpc) is 1.95. The van der Waals surface area contributed by atoms with Gasteiger partial charge in [0.1, 0.15) is 13.7 Å². The van der Waals surface area contributed by atoms with Crippen LogP contribution in [0, 0.1) is 17.1 Å². The van der Waals surface area contributed by atoms with Crippen LogP contribution in [-0.4, -0.2) is 7.85 Å². The fraction of sp³-hybridized carbons (Fsp3) is 0. The van der Waals surface area contributed by atoms with Gasteiger partial charge in [0.15, 0.2) is 0 Å². The summed E-state index contributed by atoms with van der Waals surface area (Å²) in [5, 5.41) is 8.32. The van der Waals surface area contributed by atoms with Gasteiger partial charge in [0, 0.05) is 0 Å². The molecule has 0 fully saturated rings. The van der Waals surface area contributed by atoms with Gasteiger partial charge in [-0.2, -0.15) is 5.26 Å². The Bertz CT molecular complexity index is 290. The molecule has 46 valence electrons. The second kappa shape index (κ2) is 2.53. The predicted molar refractivity (Wildman–Crippen MR) is 36.5 cm³/mol. The molecule has 0 N–H and O–H groups in total. The third-order valence-corrected chi connectivity index (χ3v) is 1.13. The topological polar surface area (TPSA) is 23.8 Å². The van der Waals surface area contributed by atoms with Crippen LogP contribution in [-0.2, 0) is 0 Å². The molecule has 1 rings (SSSR count). The van der Waals surface area contributed by atoms with Crippen LogP contribution in [0.1, 0.15) is 5.56 Å². The quantitative estimate of drug-likeness (QED) is 0.470. The smallest absolute Gasteiger partial charge is 0.117 e. The summed E-state index contributed by atoms with van der Waals surface area (Å²) < 4.78 is 12.4. The summed E-state index contributed by atoms with van der Waals surface area (Å²) in [5.74, 6) is -0.487. The Morgan fingerprint density at radius 2 is 2.20 bits per heavy atom. The van der Waals surface area contributed by atoms with Crippen molar-refractivity contribution >= 4 is 13.3 Å². The number of nitriles is 1. The average molecular weight is 131 g/mol. The summed E-state index contributed by atoms with van der Waals surface area (Å²) in [6.07, 6.45) is 0. The molecule has 2 radical (unpaired) electrons. The van der Waals surface area contributed by atoms with Crippen molar-refractivity contribution in [3.8, 4) is 6.07 Å². The molecule has 0 aliphatic carbocycles. The van der Waals surface area contributed by atoms with Gasteiger partial charge in [0.2, 0.25) is 0 Å². The first-order valence-corrected chi connectivity index (χ1v) is 2.69. The summed E-state index contributed by atoms with van der Waals surface area (Å²) in [5.41, 5.74) is 0.387. The SMILES string of the molecule is [B]c1cc(C#N)ccc1F.